The summed E-state index contributed by atoms with van der Waals surface area (Å²) >= 11 is 0. The molecule has 0 unspecified atom stereocenters. The first kappa shape index (κ1) is 10.1. The van der Waals surface area contributed by atoms with Crippen molar-refractivity contribution in [2.75, 3.05) is 0 Å². The quantitative estimate of drug-likeness (QED) is 0.563. The number of furan rings is 1. The normalized spacial score (nSPS) is 30.3. The summed E-state index contributed by atoms with van der Waals surface area (Å²) < 4.78 is 5.09. The fraction of sp³-hybridized carbons (Fsp3) is 0.500. The standard InChI is InChI=1S/C12H14O3/c1-8-9(7-13)4-5-10(8)12(14)11-3-2-6-15-11/h2-3,6-10H,4-5H2,1H3/t8-,9-,10-/m1/s1. The predicted octanol–water partition coefficient (Wildman–Crippen LogP) is 2.32. The molecule has 0 bridgehead atoms. The number of ketones is 1. The van der Waals surface area contributed by atoms with Crippen LogP contribution < -0.4 is 0 Å². The molecule has 3 nitrogen and oxygen atoms in total. The molecular weight excluding hydrogens is 192 g/mol. The van der Waals surface area contributed by atoms with Gasteiger partial charge < -0.3 is 9.21 Å². The molecule has 2 rings (SSSR count). The van der Waals surface area contributed by atoms with E-state index in [2.05, 4.69) is 0 Å². The van der Waals surface area contributed by atoms with E-state index in [9.17, 15) is 9.59 Å². The molecule has 1 fully saturated rings. The highest BCUT2D eigenvalue weighted by molar-refractivity contribution is 5.95. The minimum absolute atomic E-state index is 0.0360. The lowest BCUT2D eigenvalue weighted by atomic mass is 9.88. The molecule has 1 aromatic rings. The number of rotatable bonds is 3. The molecule has 0 amide bonds. The predicted molar refractivity (Wildman–Crippen MR) is 54.5 cm³/mol. The smallest absolute Gasteiger partial charge is 0.201 e. The molecule has 0 aromatic carbocycles. The van der Waals surface area contributed by atoms with Crippen molar-refractivity contribution < 1.29 is 14.0 Å². The number of hydrogen-bond donors (Lipinski definition) is 0. The Kier molecular flexibility index (Phi) is 2.71. The molecule has 3 heteroatoms. The van der Waals surface area contributed by atoms with E-state index in [4.69, 9.17) is 4.42 Å². The molecule has 1 aromatic heterocycles. The summed E-state index contributed by atoms with van der Waals surface area (Å²) in [7, 11) is 0. The number of aldehydes is 1. The molecule has 0 aliphatic heterocycles. The minimum Gasteiger partial charge on any atom is -0.461 e. The van der Waals surface area contributed by atoms with E-state index in [0.29, 0.717) is 5.76 Å². The maximum Gasteiger partial charge on any atom is 0.201 e. The van der Waals surface area contributed by atoms with Crippen LogP contribution in [0, 0.1) is 17.8 Å². The highest BCUT2D eigenvalue weighted by Crippen LogP contribution is 2.37. The van der Waals surface area contributed by atoms with Crippen molar-refractivity contribution >= 4 is 12.1 Å². The summed E-state index contributed by atoms with van der Waals surface area (Å²) in [4.78, 5) is 22.7. The molecular formula is C12H14O3. The van der Waals surface area contributed by atoms with Gasteiger partial charge in [-0.15, -0.1) is 0 Å². The SMILES string of the molecule is C[C@@H]1[C@@H](C=O)CC[C@H]1C(=O)c1ccco1. The maximum absolute atomic E-state index is 12.0. The number of carbonyl (C=O) groups excluding carboxylic acids is 2. The lowest BCUT2D eigenvalue weighted by Gasteiger charge is -2.14. The van der Waals surface area contributed by atoms with Crippen molar-refractivity contribution in [3.8, 4) is 0 Å². The zero-order valence-corrected chi connectivity index (χ0v) is 8.68. The molecule has 0 saturated heterocycles. The average Bonchev–Trinajstić information content (AvgIpc) is 2.85. The van der Waals surface area contributed by atoms with E-state index in [1.165, 1.54) is 6.26 Å². The Morgan fingerprint density at radius 1 is 1.53 bits per heavy atom. The summed E-state index contributed by atoms with van der Waals surface area (Å²) in [6.07, 6.45) is 4.09. The Morgan fingerprint density at radius 3 is 2.87 bits per heavy atom. The molecule has 1 aliphatic carbocycles. The van der Waals surface area contributed by atoms with Gasteiger partial charge in [-0.25, -0.2) is 0 Å². The first-order valence-corrected chi connectivity index (χ1v) is 5.27. The molecule has 1 heterocycles. The number of carbonyl (C=O) groups is 2. The van der Waals surface area contributed by atoms with Crippen molar-refractivity contribution in [2.45, 2.75) is 19.8 Å². The van der Waals surface area contributed by atoms with E-state index >= 15 is 0 Å². The molecule has 3 atom stereocenters. The topological polar surface area (TPSA) is 47.3 Å². The van der Waals surface area contributed by atoms with Crippen LogP contribution in [-0.2, 0) is 4.79 Å². The molecule has 80 valence electrons. The van der Waals surface area contributed by atoms with Gasteiger partial charge in [-0.05, 0) is 30.9 Å². The highest BCUT2D eigenvalue weighted by atomic mass is 16.3. The highest BCUT2D eigenvalue weighted by Gasteiger charge is 2.38. The Labute approximate surface area is 88.5 Å². The van der Waals surface area contributed by atoms with Crippen molar-refractivity contribution in [3.63, 3.8) is 0 Å². The van der Waals surface area contributed by atoms with Gasteiger partial charge in [0.25, 0.3) is 0 Å². The average molecular weight is 206 g/mol. The van der Waals surface area contributed by atoms with Crippen LogP contribution >= 0.6 is 0 Å². The fourth-order valence-electron chi connectivity index (χ4n) is 2.36. The van der Waals surface area contributed by atoms with E-state index in [1.54, 1.807) is 12.1 Å². The van der Waals surface area contributed by atoms with Crippen molar-refractivity contribution in [1.29, 1.82) is 0 Å². The summed E-state index contributed by atoms with van der Waals surface area (Å²) in [6.45, 7) is 1.97. The van der Waals surface area contributed by atoms with Crippen LogP contribution in [0.4, 0.5) is 0 Å². The second kappa shape index (κ2) is 4.01. The van der Waals surface area contributed by atoms with Crippen LogP contribution in [0.2, 0.25) is 0 Å². The lowest BCUT2D eigenvalue weighted by molar-refractivity contribution is -0.111. The van der Waals surface area contributed by atoms with Gasteiger partial charge in [0.2, 0.25) is 5.78 Å². The van der Waals surface area contributed by atoms with Gasteiger partial charge in [0.1, 0.15) is 6.29 Å². The Bertz CT molecular complexity index is 353. The van der Waals surface area contributed by atoms with Crippen LogP contribution in [0.15, 0.2) is 22.8 Å². The molecule has 0 spiro atoms. The van der Waals surface area contributed by atoms with Gasteiger partial charge >= 0.3 is 0 Å². The third-order valence-corrected chi connectivity index (χ3v) is 3.40. The van der Waals surface area contributed by atoms with E-state index in [0.717, 1.165) is 19.1 Å². The largest absolute Gasteiger partial charge is 0.461 e. The first-order chi connectivity index (χ1) is 7.24. The van der Waals surface area contributed by atoms with Gasteiger partial charge in [-0.2, -0.15) is 0 Å². The van der Waals surface area contributed by atoms with Crippen LogP contribution in [0.1, 0.15) is 30.3 Å². The first-order valence-electron chi connectivity index (χ1n) is 5.27. The van der Waals surface area contributed by atoms with Crippen molar-refractivity contribution in [3.05, 3.63) is 24.2 Å². The van der Waals surface area contributed by atoms with Gasteiger partial charge in [0.15, 0.2) is 5.76 Å². The fourth-order valence-corrected chi connectivity index (χ4v) is 2.36. The lowest BCUT2D eigenvalue weighted by Crippen LogP contribution is -2.20. The summed E-state index contributed by atoms with van der Waals surface area (Å²) in [6, 6.07) is 3.40. The second-order valence-electron chi connectivity index (χ2n) is 4.18. The van der Waals surface area contributed by atoms with Gasteiger partial charge in [0, 0.05) is 11.8 Å². The molecule has 15 heavy (non-hydrogen) atoms. The summed E-state index contributed by atoms with van der Waals surface area (Å²) in [5.74, 6) is 0.579. The Morgan fingerprint density at radius 2 is 2.33 bits per heavy atom. The Balaban J connectivity index is 2.13. The Hall–Kier alpha value is -1.38. The van der Waals surface area contributed by atoms with Gasteiger partial charge in [-0.1, -0.05) is 6.92 Å². The van der Waals surface area contributed by atoms with E-state index < -0.39 is 0 Å². The van der Waals surface area contributed by atoms with Crippen LogP contribution in [0.5, 0.6) is 0 Å². The van der Waals surface area contributed by atoms with Gasteiger partial charge in [0.05, 0.1) is 6.26 Å². The third-order valence-electron chi connectivity index (χ3n) is 3.40. The van der Waals surface area contributed by atoms with Gasteiger partial charge in [-0.3, -0.25) is 4.79 Å². The minimum atomic E-state index is -0.0497. The zero-order chi connectivity index (χ0) is 10.8. The van der Waals surface area contributed by atoms with Crippen molar-refractivity contribution in [2.24, 2.45) is 17.8 Å². The molecule has 0 N–H and O–H groups in total. The van der Waals surface area contributed by atoms with Crippen LogP contribution in [0.3, 0.4) is 0 Å². The number of Topliss-reactive ketones (excluding diaryl/α,β-unsaturated/α-hetero) is 1. The van der Waals surface area contributed by atoms with Crippen LogP contribution in [-0.4, -0.2) is 12.1 Å². The molecule has 1 saturated carbocycles. The van der Waals surface area contributed by atoms with Crippen molar-refractivity contribution in [1.82, 2.24) is 0 Å². The van der Waals surface area contributed by atoms with E-state index in [1.807, 2.05) is 6.92 Å². The third kappa shape index (κ3) is 1.74. The zero-order valence-electron chi connectivity index (χ0n) is 8.68. The summed E-state index contributed by atoms with van der Waals surface area (Å²) in [5.41, 5.74) is 0. The van der Waals surface area contributed by atoms with Crippen LogP contribution in [0.25, 0.3) is 0 Å². The monoisotopic (exact) mass is 206 g/mol. The van der Waals surface area contributed by atoms with E-state index in [-0.39, 0.29) is 23.5 Å². The molecule has 0 radical (unpaired) electrons. The number of hydrogen-bond acceptors (Lipinski definition) is 3. The maximum atomic E-state index is 12.0. The second-order valence-corrected chi connectivity index (χ2v) is 4.18. The molecule has 1 aliphatic rings. The summed E-state index contributed by atoms with van der Waals surface area (Å²) in [5, 5.41) is 0.